The SMILES string of the molecule is COc1ccc(C=C=C2CCC=CC2=O)cc1OC. The third kappa shape index (κ3) is 3.15. The van der Waals surface area contributed by atoms with E-state index in [4.69, 9.17) is 9.47 Å². The van der Waals surface area contributed by atoms with Gasteiger partial charge in [-0.15, -0.1) is 5.73 Å². The summed E-state index contributed by atoms with van der Waals surface area (Å²) < 4.78 is 10.4. The van der Waals surface area contributed by atoms with E-state index in [0.29, 0.717) is 11.5 Å². The maximum absolute atomic E-state index is 11.6. The first kappa shape index (κ1) is 13.2. The molecule has 0 saturated heterocycles. The van der Waals surface area contributed by atoms with Gasteiger partial charge >= 0.3 is 0 Å². The maximum Gasteiger partial charge on any atom is 0.189 e. The number of carbonyl (C=O) groups excluding carboxylic acids is 1. The van der Waals surface area contributed by atoms with Gasteiger partial charge in [0.15, 0.2) is 17.3 Å². The quantitative estimate of drug-likeness (QED) is 0.615. The first-order chi connectivity index (χ1) is 9.24. The zero-order valence-corrected chi connectivity index (χ0v) is 11.1. The molecule has 1 aliphatic carbocycles. The van der Waals surface area contributed by atoms with E-state index in [2.05, 4.69) is 5.73 Å². The van der Waals surface area contributed by atoms with E-state index in [-0.39, 0.29) is 5.78 Å². The standard InChI is InChI=1S/C16H16O3/c1-18-15-10-8-12(11-16(15)19-2)7-9-13-5-3-4-6-14(13)17/h4,6-8,10-11H,3,5H2,1-2H3. The second-order valence-electron chi connectivity index (χ2n) is 4.19. The van der Waals surface area contributed by atoms with Crippen LogP contribution in [0.5, 0.6) is 11.5 Å². The van der Waals surface area contributed by atoms with Gasteiger partial charge in [-0.2, -0.15) is 0 Å². The van der Waals surface area contributed by atoms with E-state index < -0.39 is 0 Å². The number of ether oxygens (including phenoxy) is 2. The normalized spacial score (nSPS) is 14.0. The first-order valence-electron chi connectivity index (χ1n) is 6.13. The molecule has 0 radical (unpaired) electrons. The number of carbonyl (C=O) groups is 1. The summed E-state index contributed by atoms with van der Waals surface area (Å²) in [5.41, 5.74) is 4.71. The molecule has 0 unspecified atom stereocenters. The third-order valence-electron chi connectivity index (χ3n) is 2.95. The van der Waals surface area contributed by atoms with Crippen LogP contribution in [0.25, 0.3) is 6.08 Å². The van der Waals surface area contributed by atoms with E-state index in [1.165, 1.54) is 0 Å². The smallest absolute Gasteiger partial charge is 0.189 e. The van der Waals surface area contributed by atoms with E-state index >= 15 is 0 Å². The van der Waals surface area contributed by atoms with Crippen molar-refractivity contribution in [3.63, 3.8) is 0 Å². The van der Waals surface area contributed by atoms with Crippen molar-refractivity contribution in [2.24, 2.45) is 0 Å². The lowest BCUT2D eigenvalue weighted by atomic mass is 10.0. The molecule has 0 amide bonds. The Morgan fingerprint density at radius 3 is 2.68 bits per heavy atom. The molecule has 3 heteroatoms. The molecule has 0 fully saturated rings. The number of ketones is 1. The van der Waals surface area contributed by atoms with Crippen molar-refractivity contribution < 1.29 is 14.3 Å². The minimum Gasteiger partial charge on any atom is -0.493 e. The Morgan fingerprint density at radius 2 is 2.00 bits per heavy atom. The third-order valence-corrected chi connectivity index (χ3v) is 2.95. The molecule has 0 spiro atoms. The minimum absolute atomic E-state index is 0.0444. The summed E-state index contributed by atoms with van der Waals surface area (Å²) in [6, 6.07) is 5.59. The largest absolute Gasteiger partial charge is 0.493 e. The van der Waals surface area contributed by atoms with Gasteiger partial charge in [0.2, 0.25) is 0 Å². The average Bonchev–Trinajstić information content (AvgIpc) is 2.46. The van der Waals surface area contributed by atoms with Crippen LogP contribution in [0.4, 0.5) is 0 Å². The lowest BCUT2D eigenvalue weighted by molar-refractivity contribution is -0.111. The molecule has 0 heterocycles. The summed E-state index contributed by atoms with van der Waals surface area (Å²) in [6.07, 6.45) is 6.94. The maximum atomic E-state index is 11.6. The van der Waals surface area contributed by atoms with Crippen LogP contribution in [-0.2, 0) is 4.79 Å². The molecule has 0 bridgehead atoms. The average molecular weight is 256 g/mol. The molecule has 1 aromatic rings. The van der Waals surface area contributed by atoms with Crippen molar-refractivity contribution in [3.05, 3.63) is 47.2 Å². The van der Waals surface area contributed by atoms with Gasteiger partial charge in [0.05, 0.1) is 14.2 Å². The fraction of sp³-hybridized carbons (Fsp3) is 0.250. The van der Waals surface area contributed by atoms with E-state index in [1.807, 2.05) is 24.3 Å². The Balaban J connectivity index is 2.31. The summed E-state index contributed by atoms with van der Waals surface area (Å²) in [6.45, 7) is 0. The molecular weight excluding hydrogens is 240 g/mol. The summed E-state index contributed by atoms with van der Waals surface area (Å²) >= 11 is 0. The van der Waals surface area contributed by atoms with E-state index in [9.17, 15) is 4.79 Å². The highest BCUT2D eigenvalue weighted by Crippen LogP contribution is 2.28. The summed E-state index contributed by atoms with van der Waals surface area (Å²) in [7, 11) is 3.20. The van der Waals surface area contributed by atoms with E-state index in [1.54, 1.807) is 26.4 Å². The van der Waals surface area contributed by atoms with Gasteiger partial charge in [0, 0.05) is 5.57 Å². The zero-order valence-electron chi connectivity index (χ0n) is 11.1. The molecule has 19 heavy (non-hydrogen) atoms. The van der Waals surface area contributed by atoms with Gasteiger partial charge in [-0.25, -0.2) is 0 Å². The Bertz CT molecular complexity index is 576. The minimum atomic E-state index is 0.0444. The molecule has 0 aliphatic heterocycles. The predicted octanol–water partition coefficient (Wildman–Crippen LogP) is 3.16. The molecule has 0 saturated carbocycles. The Morgan fingerprint density at radius 1 is 1.21 bits per heavy atom. The Labute approximate surface area is 112 Å². The molecule has 98 valence electrons. The lowest BCUT2D eigenvalue weighted by Gasteiger charge is -2.07. The Kier molecular flexibility index (Phi) is 4.22. The van der Waals surface area contributed by atoms with Crippen molar-refractivity contribution in [3.8, 4) is 11.5 Å². The van der Waals surface area contributed by atoms with Crippen LogP contribution in [0.1, 0.15) is 18.4 Å². The highest BCUT2D eigenvalue weighted by atomic mass is 16.5. The van der Waals surface area contributed by atoms with Crippen LogP contribution in [0.15, 0.2) is 41.7 Å². The van der Waals surface area contributed by atoms with Gasteiger partial charge in [-0.1, -0.05) is 12.1 Å². The van der Waals surface area contributed by atoms with Crippen LogP contribution in [0.2, 0.25) is 0 Å². The summed E-state index contributed by atoms with van der Waals surface area (Å²) in [5.74, 6) is 1.39. The van der Waals surface area contributed by atoms with Crippen molar-refractivity contribution in [1.82, 2.24) is 0 Å². The van der Waals surface area contributed by atoms with Crippen LogP contribution in [0.3, 0.4) is 0 Å². The van der Waals surface area contributed by atoms with Gasteiger partial charge in [0.25, 0.3) is 0 Å². The van der Waals surface area contributed by atoms with Gasteiger partial charge in [-0.3, -0.25) is 4.79 Å². The molecular formula is C16H16O3. The van der Waals surface area contributed by atoms with Crippen LogP contribution < -0.4 is 9.47 Å². The second-order valence-corrected chi connectivity index (χ2v) is 4.19. The summed E-state index contributed by atoms with van der Waals surface area (Å²) in [4.78, 5) is 11.6. The fourth-order valence-corrected chi connectivity index (χ4v) is 1.90. The van der Waals surface area contributed by atoms with Crippen molar-refractivity contribution in [2.45, 2.75) is 12.8 Å². The van der Waals surface area contributed by atoms with Crippen LogP contribution >= 0.6 is 0 Å². The highest BCUT2D eigenvalue weighted by molar-refractivity contribution is 6.04. The Hall–Kier alpha value is -2.25. The highest BCUT2D eigenvalue weighted by Gasteiger charge is 2.08. The van der Waals surface area contributed by atoms with Crippen LogP contribution in [-0.4, -0.2) is 20.0 Å². The van der Waals surface area contributed by atoms with E-state index in [0.717, 1.165) is 24.0 Å². The molecule has 1 aliphatic rings. The van der Waals surface area contributed by atoms with Crippen molar-refractivity contribution in [1.29, 1.82) is 0 Å². The molecule has 0 atom stereocenters. The van der Waals surface area contributed by atoms with Crippen molar-refractivity contribution >= 4 is 11.9 Å². The monoisotopic (exact) mass is 256 g/mol. The molecule has 1 aromatic carbocycles. The predicted molar refractivity (Wildman–Crippen MR) is 74.4 cm³/mol. The number of benzene rings is 1. The molecule has 0 aromatic heterocycles. The number of hydrogen-bond acceptors (Lipinski definition) is 3. The zero-order chi connectivity index (χ0) is 13.7. The number of methoxy groups -OCH3 is 2. The van der Waals surface area contributed by atoms with Gasteiger partial charge < -0.3 is 9.47 Å². The number of rotatable bonds is 3. The number of allylic oxidation sites excluding steroid dienone is 3. The summed E-state index contributed by atoms with van der Waals surface area (Å²) in [5, 5.41) is 0. The number of hydrogen-bond donors (Lipinski definition) is 0. The van der Waals surface area contributed by atoms with Gasteiger partial charge in [-0.05, 0) is 42.7 Å². The topological polar surface area (TPSA) is 35.5 Å². The first-order valence-corrected chi connectivity index (χ1v) is 6.13. The van der Waals surface area contributed by atoms with Crippen LogP contribution in [0, 0.1) is 0 Å². The molecule has 2 rings (SSSR count). The van der Waals surface area contributed by atoms with Crippen molar-refractivity contribution in [2.75, 3.05) is 14.2 Å². The molecule has 3 nitrogen and oxygen atoms in total. The molecule has 0 N–H and O–H groups in total. The lowest BCUT2D eigenvalue weighted by Crippen LogP contribution is -2.01. The fourth-order valence-electron chi connectivity index (χ4n) is 1.90. The van der Waals surface area contributed by atoms with Gasteiger partial charge in [0.1, 0.15) is 0 Å². The second kappa shape index (κ2) is 6.07.